The number of halogens is 2. The van der Waals surface area contributed by atoms with Crippen molar-refractivity contribution in [3.63, 3.8) is 0 Å². The molecular formula is C27H24ClFN4O2. The molecule has 2 aromatic heterocycles. The maximum Gasteiger partial charge on any atom is 0.308 e. The molecule has 4 aromatic rings. The average molecular weight is 491 g/mol. The second-order valence-corrected chi connectivity index (χ2v) is 9.96. The third kappa shape index (κ3) is 3.93. The average Bonchev–Trinajstić information content (AvgIpc) is 3.29. The van der Waals surface area contributed by atoms with Gasteiger partial charge in [-0.2, -0.15) is 0 Å². The summed E-state index contributed by atoms with van der Waals surface area (Å²) >= 11 is 6.25. The zero-order chi connectivity index (χ0) is 24.1. The lowest BCUT2D eigenvalue weighted by Gasteiger charge is -2.47. The molecule has 3 N–H and O–H groups in total. The molecule has 6 nitrogen and oxygen atoms in total. The predicted molar refractivity (Wildman–Crippen MR) is 134 cm³/mol. The molecule has 8 heteroatoms. The van der Waals surface area contributed by atoms with E-state index in [9.17, 15) is 14.3 Å². The topological polar surface area (TPSA) is 90.9 Å². The summed E-state index contributed by atoms with van der Waals surface area (Å²) in [5.41, 5.74) is 2.84. The van der Waals surface area contributed by atoms with Crippen LogP contribution in [0, 0.1) is 23.6 Å². The highest BCUT2D eigenvalue weighted by molar-refractivity contribution is 6.35. The SMILES string of the molecule is O=C(O)C1C2CCC(CC2)C1Nc1cc(-c2ccccc2)nc(-c2c[nH]c3c(Cl)cc(F)cc23)n1. The van der Waals surface area contributed by atoms with Gasteiger partial charge in [-0.1, -0.05) is 41.9 Å². The number of carbonyl (C=O) groups is 1. The molecule has 0 saturated heterocycles. The first kappa shape index (κ1) is 22.0. The summed E-state index contributed by atoms with van der Waals surface area (Å²) in [4.78, 5) is 24.9. The van der Waals surface area contributed by atoms with Gasteiger partial charge in [0.2, 0.25) is 0 Å². The Bertz CT molecular complexity index is 1420. The molecule has 2 heterocycles. The molecule has 178 valence electrons. The number of aliphatic carboxylic acids is 1. The van der Waals surface area contributed by atoms with Crippen LogP contribution in [0.5, 0.6) is 0 Å². The number of hydrogen-bond donors (Lipinski definition) is 3. The van der Waals surface area contributed by atoms with Crippen LogP contribution in [0.15, 0.2) is 54.7 Å². The van der Waals surface area contributed by atoms with Crippen molar-refractivity contribution in [2.24, 2.45) is 17.8 Å². The number of aromatic amines is 1. The van der Waals surface area contributed by atoms with Gasteiger partial charge in [-0.15, -0.1) is 0 Å². The molecule has 3 saturated carbocycles. The van der Waals surface area contributed by atoms with Crippen molar-refractivity contribution in [3.8, 4) is 22.6 Å². The number of anilines is 1. The van der Waals surface area contributed by atoms with Gasteiger partial charge in [0.05, 0.1) is 22.2 Å². The van der Waals surface area contributed by atoms with Crippen molar-refractivity contribution in [2.75, 3.05) is 5.32 Å². The van der Waals surface area contributed by atoms with Crippen LogP contribution in [0.1, 0.15) is 25.7 Å². The number of carboxylic acids is 1. The van der Waals surface area contributed by atoms with Gasteiger partial charge in [0.25, 0.3) is 0 Å². The zero-order valence-corrected chi connectivity index (χ0v) is 19.6. The number of nitrogens with zero attached hydrogens (tertiary/aromatic N) is 2. The Labute approximate surface area is 206 Å². The number of benzene rings is 2. The molecule has 0 aliphatic heterocycles. The summed E-state index contributed by atoms with van der Waals surface area (Å²) in [6.07, 6.45) is 5.70. The van der Waals surface area contributed by atoms with Gasteiger partial charge in [0.1, 0.15) is 11.6 Å². The summed E-state index contributed by atoms with van der Waals surface area (Å²) in [5, 5.41) is 14.3. The number of hydrogen-bond acceptors (Lipinski definition) is 4. The Morgan fingerprint density at radius 1 is 1.06 bits per heavy atom. The zero-order valence-electron chi connectivity index (χ0n) is 18.8. The number of nitrogens with one attached hydrogen (secondary N) is 2. The van der Waals surface area contributed by atoms with E-state index in [1.165, 1.54) is 12.1 Å². The first-order valence-electron chi connectivity index (χ1n) is 11.9. The molecule has 2 unspecified atom stereocenters. The van der Waals surface area contributed by atoms with Crippen LogP contribution in [-0.2, 0) is 4.79 Å². The lowest BCUT2D eigenvalue weighted by atomic mass is 9.61. The summed E-state index contributed by atoms with van der Waals surface area (Å²) < 4.78 is 14.2. The first-order valence-corrected chi connectivity index (χ1v) is 12.3. The van der Waals surface area contributed by atoms with Crippen LogP contribution in [0.2, 0.25) is 5.02 Å². The second-order valence-electron chi connectivity index (χ2n) is 9.55. The van der Waals surface area contributed by atoms with E-state index in [0.29, 0.717) is 39.7 Å². The quantitative estimate of drug-likeness (QED) is 0.301. The second kappa shape index (κ2) is 8.64. The third-order valence-electron chi connectivity index (χ3n) is 7.56. The maximum absolute atomic E-state index is 14.2. The van der Waals surface area contributed by atoms with Crippen LogP contribution >= 0.6 is 11.6 Å². The summed E-state index contributed by atoms with van der Waals surface area (Å²) in [6.45, 7) is 0. The predicted octanol–water partition coefficient (Wildman–Crippen LogP) is 6.39. The summed E-state index contributed by atoms with van der Waals surface area (Å²) in [6, 6.07) is 14.1. The molecule has 7 rings (SSSR count). The Morgan fingerprint density at radius 3 is 2.54 bits per heavy atom. The molecule has 2 aromatic carbocycles. The van der Waals surface area contributed by atoms with E-state index in [1.54, 1.807) is 6.20 Å². The normalized spacial score (nSPS) is 23.5. The minimum Gasteiger partial charge on any atom is -0.481 e. The first-order chi connectivity index (χ1) is 17.0. The molecule has 3 aliphatic rings. The Hall–Kier alpha value is -3.45. The largest absolute Gasteiger partial charge is 0.481 e. The number of carboxylic acid groups (broad SMARTS) is 1. The smallest absolute Gasteiger partial charge is 0.308 e. The molecule has 3 aliphatic carbocycles. The van der Waals surface area contributed by atoms with Gasteiger partial charge in [0.15, 0.2) is 5.82 Å². The standard InChI is InChI=1S/C27H24ClFN4O2/c28-20-11-17(29)10-18-19(13-30-25(18)20)26-31-21(14-4-2-1-3-5-14)12-22(33-26)32-24-16-8-6-15(7-9-16)23(24)27(34)35/h1-5,10-13,15-16,23-24,30H,6-9H2,(H,34,35)(H,31,32,33). The van der Waals surface area contributed by atoms with E-state index in [1.807, 2.05) is 36.4 Å². The van der Waals surface area contributed by atoms with Gasteiger partial charge in [-0.05, 0) is 49.7 Å². The van der Waals surface area contributed by atoms with E-state index >= 15 is 0 Å². The Morgan fingerprint density at radius 2 is 1.80 bits per heavy atom. The number of H-pyrrole nitrogens is 1. The van der Waals surface area contributed by atoms with E-state index in [4.69, 9.17) is 21.6 Å². The lowest BCUT2D eigenvalue weighted by molar-refractivity contribution is -0.148. The molecule has 2 bridgehead atoms. The fourth-order valence-corrected chi connectivity index (χ4v) is 6.18. The summed E-state index contributed by atoms with van der Waals surface area (Å²) in [7, 11) is 0. The Balaban J connectivity index is 1.47. The molecule has 0 radical (unpaired) electrons. The van der Waals surface area contributed by atoms with Gasteiger partial charge >= 0.3 is 5.97 Å². The fraction of sp³-hybridized carbons (Fsp3) is 0.296. The van der Waals surface area contributed by atoms with Crippen LogP contribution < -0.4 is 5.32 Å². The van der Waals surface area contributed by atoms with E-state index in [-0.39, 0.29) is 17.0 Å². The minimum absolute atomic E-state index is 0.184. The highest BCUT2D eigenvalue weighted by Crippen LogP contribution is 2.46. The van der Waals surface area contributed by atoms with Crippen molar-refractivity contribution in [2.45, 2.75) is 31.7 Å². The Kier molecular flexibility index (Phi) is 5.44. The number of rotatable bonds is 5. The molecule has 0 spiro atoms. The van der Waals surface area contributed by atoms with Crippen molar-refractivity contribution in [1.82, 2.24) is 15.0 Å². The minimum atomic E-state index is -0.754. The molecule has 0 amide bonds. The number of aromatic nitrogens is 3. The van der Waals surface area contributed by atoms with E-state index < -0.39 is 17.7 Å². The van der Waals surface area contributed by atoms with Crippen molar-refractivity contribution < 1.29 is 14.3 Å². The van der Waals surface area contributed by atoms with Crippen LogP contribution in [0.3, 0.4) is 0 Å². The number of fused-ring (bicyclic) bond motifs is 4. The van der Waals surface area contributed by atoms with Crippen molar-refractivity contribution in [3.05, 3.63) is 65.6 Å². The van der Waals surface area contributed by atoms with Crippen LogP contribution in [-0.4, -0.2) is 32.1 Å². The molecule has 3 fully saturated rings. The van der Waals surface area contributed by atoms with Crippen LogP contribution in [0.4, 0.5) is 10.2 Å². The highest BCUT2D eigenvalue weighted by atomic mass is 35.5. The van der Waals surface area contributed by atoms with E-state index in [0.717, 1.165) is 31.2 Å². The maximum atomic E-state index is 14.2. The molecule has 2 atom stereocenters. The molecule has 35 heavy (non-hydrogen) atoms. The monoisotopic (exact) mass is 490 g/mol. The third-order valence-corrected chi connectivity index (χ3v) is 7.86. The van der Waals surface area contributed by atoms with Crippen molar-refractivity contribution >= 4 is 34.3 Å². The van der Waals surface area contributed by atoms with Gasteiger partial charge < -0.3 is 15.4 Å². The van der Waals surface area contributed by atoms with Gasteiger partial charge in [-0.25, -0.2) is 14.4 Å². The summed E-state index contributed by atoms with van der Waals surface area (Å²) in [5.74, 6) is -0.185. The van der Waals surface area contributed by atoms with E-state index in [2.05, 4.69) is 10.3 Å². The lowest BCUT2D eigenvalue weighted by Crippen LogP contribution is -2.51. The van der Waals surface area contributed by atoms with Gasteiger partial charge in [-0.3, -0.25) is 4.79 Å². The molecular weight excluding hydrogens is 467 g/mol. The fourth-order valence-electron chi connectivity index (χ4n) is 5.92. The van der Waals surface area contributed by atoms with Crippen molar-refractivity contribution in [1.29, 1.82) is 0 Å². The van der Waals surface area contributed by atoms with Gasteiger partial charge in [0, 0.05) is 34.8 Å². The highest BCUT2D eigenvalue weighted by Gasteiger charge is 2.47. The van der Waals surface area contributed by atoms with Crippen LogP contribution in [0.25, 0.3) is 33.5 Å².